The van der Waals surface area contributed by atoms with Gasteiger partial charge in [0, 0.05) is 24.3 Å². The molecular formula is C24H30BN5O3. The highest BCUT2D eigenvalue weighted by molar-refractivity contribution is 6.62. The van der Waals surface area contributed by atoms with Crippen LogP contribution in [0.15, 0.2) is 47.5 Å². The second kappa shape index (κ2) is 7.17. The standard InChI is InChI=1S/C24H30BN5O3/c1-23(2)24(3,4)33-25(32-23)17-14-26-28(15-17)18-12-19(13-18)30-22(31)29-20(10-11-21(29)27-30)16-8-6-5-7-9-16/h5-9,14-15,18-20H,10-13H2,1-4H3/t18?,19?,20-/m0/s1. The summed E-state index contributed by atoms with van der Waals surface area (Å²) in [6.07, 6.45) is 7.31. The van der Waals surface area contributed by atoms with Crippen molar-refractivity contribution in [2.24, 2.45) is 0 Å². The second-order valence-corrected chi connectivity index (χ2v) is 10.6. The number of benzene rings is 1. The summed E-state index contributed by atoms with van der Waals surface area (Å²) < 4.78 is 17.9. The van der Waals surface area contributed by atoms with Crippen molar-refractivity contribution in [1.82, 2.24) is 24.1 Å². The molecule has 3 aliphatic rings. The first-order chi connectivity index (χ1) is 15.7. The predicted molar refractivity (Wildman–Crippen MR) is 125 cm³/mol. The molecule has 172 valence electrons. The van der Waals surface area contributed by atoms with Gasteiger partial charge in [-0.05, 0) is 52.5 Å². The maximum absolute atomic E-state index is 13.2. The third kappa shape index (κ3) is 3.24. The van der Waals surface area contributed by atoms with E-state index < -0.39 is 7.12 Å². The molecule has 0 N–H and O–H groups in total. The van der Waals surface area contributed by atoms with Crippen LogP contribution in [0.5, 0.6) is 0 Å². The SMILES string of the molecule is CC1(C)OB(c2cnn(C3CC(n4nc5n(c4=O)[C@H](c4ccccc4)CC5)C3)c2)OC1(C)C. The molecule has 1 saturated carbocycles. The summed E-state index contributed by atoms with van der Waals surface area (Å²) in [5, 5.41) is 9.29. The van der Waals surface area contributed by atoms with Crippen LogP contribution in [0.3, 0.4) is 0 Å². The van der Waals surface area contributed by atoms with Crippen LogP contribution >= 0.6 is 0 Å². The first-order valence-corrected chi connectivity index (χ1v) is 11.9. The van der Waals surface area contributed by atoms with E-state index in [1.54, 1.807) is 4.68 Å². The zero-order valence-electron chi connectivity index (χ0n) is 19.6. The van der Waals surface area contributed by atoms with Crippen LogP contribution in [0, 0.1) is 0 Å². The summed E-state index contributed by atoms with van der Waals surface area (Å²) in [6.45, 7) is 8.21. The Bertz CT molecular complexity index is 1220. The first kappa shape index (κ1) is 20.9. The van der Waals surface area contributed by atoms with Gasteiger partial charge in [0.05, 0.1) is 29.3 Å². The molecule has 2 fully saturated rings. The minimum atomic E-state index is -0.409. The lowest BCUT2D eigenvalue weighted by atomic mass is 9.81. The maximum atomic E-state index is 13.2. The number of rotatable bonds is 4. The molecule has 8 nitrogen and oxygen atoms in total. The van der Waals surface area contributed by atoms with Gasteiger partial charge in [0.15, 0.2) is 0 Å². The highest BCUT2D eigenvalue weighted by atomic mass is 16.7. The van der Waals surface area contributed by atoms with Crippen molar-refractivity contribution in [3.8, 4) is 0 Å². The Balaban J connectivity index is 1.16. The molecule has 1 aliphatic carbocycles. The molecule has 6 rings (SSSR count). The fourth-order valence-electron chi connectivity index (χ4n) is 5.17. The van der Waals surface area contributed by atoms with E-state index in [-0.39, 0.29) is 35.0 Å². The summed E-state index contributed by atoms with van der Waals surface area (Å²) >= 11 is 0. The lowest BCUT2D eigenvalue weighted by molar-refractivity contribution is 0.00578. The average Bonchev–Trinajstić information content (AvgIpc) is 3.48. The Morgan fingerprint density at radius 1 is 1.03 bits per heavy atom. The summed E-state index contributed by atoms with van der Waals surface area (Å²) in [7, 11) is -0.409. The Kier molecular flexibility index (Phi) is 4.55. The van der Waals surface area contributed by atoms with Gasteiger partial charge in [0.2, 0.25) is 0 Å². The third-order valence-electron chi connectivity index (χ3n) is 8.00. The van der Waals surface area contributed by atoms with E-state index >= 15 is 0 Å². The molecule has 2 aliphatic heterocycles. The summed E-state index contributed by atoms with van der Waals surface area (Å²) in [5.41, 5.74) is 1.37. The van der Waals surface area contributed by atoms with Crippen LogP contribution in [0.25, 0.3) is 0 Å². The molecule has 4 heterocycles. The minimum absolute atomic E-state index is 0.0122. The van der Waals surface area contributed by atoms with Crippen LogP contribution in [0.2, 0.25) is 0 Å². The lowest BCUT2D eigenvalue weighted by Crippen LogP contribution is -2.41. The van der Waals surface area contributed by atoms with Gasteiger partial charge < -0.3 is 9.31 Å². The molecule has 1 aromatic carbocycles. The highest BCUT2D eigenvalue weighted by Gasteiger charge is 2.52. The molecule has 1 atom stereocenters. The Morgan fingerprint density at radius 2 is 1.73 bits per heavy atom. The molecule has 0 spiro atoms. The molecule has 1 saturated heterocycles. The Hall–Kier alpha value is -2.65. The third-order valence-corrected chi connectivity index (χ3v) is 8.00. The smallest absolute Gasteiger partial charge is 0.399 e. The van der Waals surface area contributed by atoms with E-state index in [0.29, 0.717) is 0 Å². The zero-order valence-corrected chi connectivity index (χ0v) is 19.6. The fraction of sp³-hybridized carbons (Fsp3) is 0.542. The van der Waals surface area contributed by atoms with E-state index in [1.165, 1.54) is 5.56 Å². The van der Waals surface area contributed by atoms with E-state index in [9.17, 15) is 4.79 Å². The van der Waals surface area contributed by atoms with E-state index in [2.05, 4.69) is 44.9 Å². The quantitative estimate of drug-likeness (QED) is 0.575. The van der Waals surface area contributed by atoms with E-state index in [4.69, 9.17) is 14.4 Å². The van der Waals surface area contributed by atoms with Crippen LogP contribution in [0.1, 0.15) is 76.5 Å². The number of aromatic nitrogens is 5. The molecular weight excluding hydrogens is 417 g/mol. The first-order valence-electron chi connectivity index (χ1n) is 11.9. The number of nitrogens with zero attached hydrogens (tertiary/aromatic N) is 5. The molecule has 0 radical (unpaired) electrons. The van der Waals surface area contributed by atoms with Gasteiger partial charge >= 0.3 is 12.8 Å². The Morgan fingerprint density at radius 3 is 2.42 bits per heavy atom. The normalized spacial score (nSPS) is 27.5. The topological polar surface area (TPSA) is 76.1 Å². The van der Waals surface area contributed by atoms with Crippen molar-refractivity contribution in [2.75, 3.05) is 0 Å². The van der Waals surface area contributed by atoms with Gasteiger partial charge in [-0.1, -0.05) is 30.3 Å². The minimum Gasteiger partial charge on any atom is -0.399 e. The van der Waals surface area contributed by atoms with Crippen molar-refractivity contribution in [3.05, 3.63) is 64.6 Å². The number of hydrogen-bond acceptors (Lipinski definition) is 5. The number of aryl methyl sites for hydroxylation is 1. The van der Waals surface area contributed by atoms with Crippen LogP contribution in [-0.4, -0.2) is 42.4 Å². The van der Waals surface area contributed by atoms with E-state index in [0.717, 1.165) is 37.0 Å². The van der Waals surface area contributed by atoms with Gasteiger partial charge in [0.1, 0.15) is 5.82 Å². The monoisotopic (exact) mass is 447 g/mol. The predicted octanol–water partition coefficient (Wildman–Crippen LogP) is 2.65. The molecule has 3 aromatic rings. The number of hydrogen-bond donors (Lipinski definition) is 0. The molecule has 9 heteroatoms. The zero-order chi connectivity index (χ0) is 23.0. The number of fused-ring (bicyclic) bond motifs is 1. The van der Waals surface area contributed by atoms with Crippen LogP contribution in [0.4, 0.5) is 0 Å². The average molecular weight is 447 g/mol. The molecule has 0 amide bonds. The summed E-state index contributed by atoms with van der Waals surface area (Å²) in [6, 6.07) is 10.7. The van der Waals surface area contributed by atoms with E-state index in [1.807, 2.05) is 39.8 Å². The lowest BCUT2D eigenvalue weighted by Gasteiger charge is -2.34. The summed E-state index contributed by atoms with van der Waals surface area (Å²) in [4.78, 5) is 13.2. The van der Waals surface area contributed by atoms with Gasteiger partial charge in [-0.15, -0.1) is 0 Å². The largest absolute Gasteiger partial charge is 0.498 e. The van der Waals surface area contributed by atoms with Crippen molar-refractivity contribution in [1.29, 1.82) is 0 Å². The summed E-state index contributed by atoms with van der Waals surface area (Å²) in [5.74, 6) is 0.902. The second-order valence-electron chi connectivity index (χ2n) is 10.6. The van der Waals surface area contributed by atoms with Crippen molar-refractivity contribution >= 4 is 12.6 Å². The van der Waals surface area contributed by atoms with Crippen molar-refractivity contribution in [2.45, 2.75) is 82.7 Å². The molecule has 33 heavy (non-hydrogen) atoms. The van der Waals surface area contributed by atoms with Gasteiger partial charge in [0.25, 0.3) is 0 Å². The van der Waals surface area contributed by atoms with Crippen molar-refractivity contribution < 1.29 is 9.31 Å². The van der Waals surface area contributed by atoms with Gasteiger partial charge in [-0.3, -0.25) is 9.25 Å². The maximum Gasteiger partial charge on any atom is 0.498 e. The van der Waals surface area contributed by atoms with Gasteiger partial charge in [-0.25, -0.2) is 9.48 Å². The molecule has 2 aromatic heterocycles. The highest BCUT2D eigenvalue weighted by Crippen LogP contribution is 2.41. The molecule has 0 bridgehead atoms. The van der Waals surface area contributed by atoms with Gasteiger partial charge in [-0.2, -0.15) is 10.2 Å². The fourth-order valence-corrected chi connectivity index (χ4v) is 5.17. The molecule has 0 unspecified atom stereocenters. The van der Waals surface area contributed by atoms with Crippen molar-refractivity contribution in [3.63, 3.8) is 0 Å². The van der Waals surface area contributed by atoms with Crippen LogP contribution in [-0.2, 0) is 15.7 Å². The Labute approximate surface area is 193 Å². The van der Waals surface area contributed by atoms with Crippen LogP contribution < -0.4 is 11.2 Å².